The van der Waals surface area contributed by atoms with E-state index in [9.17, 15) is 0 Å². The van der Waals surface area contributed by atoms with Crippen molar-refractivity contribution in [1.29, 1.82) is 0 Å². The second-order valence-corrected chi connectivity index (χ2v) is 8.89. The third-order valence-corrected chi connectivity index (χ3v) is 6.32. The third-order valence-electron chi connectivity index (χ3n) is 6.32. The van der Waals surface area contributed by atoms with E-state index < -0.39 is 0 Å². The fourth-order valence-electron chi connectivity index (χ4n) is 4.43. The first-order valence-corrected chi connectivity index (χ1v) is 12.0. The van der Waals surface area contributed by atoms with Gasteiger partial charge in [-0.25, -0.2) is 9.97 Å². The molecular weight excluding hydrogens is 471 g/mol. The maximum Gasteiger partial charge on any atom is 1.00 e. The number of ether oxygens (including phenoxy) is 2. The summed E-state index contributed by atoms with van der Waals surface area (Å²) in [5.74, 6) is 2.86. The molecule has 0 bridgehead atoms. The van der Waals surface area contributed by atoms with Crippen LogP contribution in [0.2, 0.25) is 0 Å². The Bertz CT molecular complexity index is 1540. The first kappa shape index (κ1) is 27.5. The van der Waals surface area contributed by atoms with Crippen molar-refractivity contribution in [1.82, 2.24) is 24.8 Å². The maximum absolute atomic E-state index is 6.29. The van der Waals surface area contributed by atoms with E-state index >= 15 is 0 Å². The average molecular weight is 501 g/mol. The molecule has 2 N–H and O–H groups in total. The summed E-state index contributed by atoms with van der Waals surface area (Å²) in [5, 5.41) is 7.57. The number of aryl methyl sites for hydroxylation is 2. The molecule has 1 fully saturated rings. The van der Waals surface area contributed by atoms with Gasteiger partial charge in [0.05, 0.1) is 23.2 Å². The minimum absolute atomic E-state index is 0. The van der Waals surface area contributed by atoms with E-state index in [1.165, 1.54) is 0 Å². The summed E-state index contributed by atoms with van der Waals surface area (Å²) in [5.41, 5.74) is 4.65. The van der Waals surface area contributed by atoms with Crippen LogP contribution < -0.4 is 39.0 Å². The van der Waals surface area contributed by atoms with Crippen LogP contribution in [-0.2, 0) is 7.05 Å². The molecule has 0 aliphatic carbocycles. The van der Waals surface area contributed by atoms with Crippen molar-refractivity contribution in [2.24, 2.45) is 7.05 Å². The number of imidazole rings is 1. The van der Waals surface area contributed by atoms with E-state index in [0.717, 1.165) is 64.2 Å². The van der Waals surface area contributed by atoms with Crippen LogP contribution in [0.1, 0.15) is 12.0 Å². The van der Waals surface area contributed by atoms with Gasteiger partial charge >= 0.3 is 18.9 Å². The molecule has 0 radical (unpaired) electrons. The summed E-state index contributed by atoms with van der Waals surface area (Å²) in [6.45, 7) is 3.78. The predicted octanol–water partition coefficient (Wildman–Crippen LogP) is 2.56. The molecule has 1 saturated heterocycles. The summed E-state index contributed by atoms with van der Waals surface area (Å²) in [7, 11) is 1.98. The van der Waals surface area contributed by atoms with Crippen molar-refractivity contribution in [2.75, 3.05) is 18.4 Å². The maximum atomic E-state index is 6.29. The second-order valence-electron chi connectivity index (χ2n) is 8.89. The van der Waals surface area contributed by atoms with Gasteiger partial charge in [-0.15, -0.1) is 18.7 Å². The molecule has 1 atom stereocenters. The van der Waals surface area contributed by atoms with E-state index in [1.54, 1.807) is 12.7 Å². The molecule has 38 heavy (non-hydrogen) atoms. The smallest absolute Gasteiger partial charge is 0.547 e. The summed E-state index contributed by atoms with van der Waals surface area (Å²) in [4.78, 5) is 13.4. The standard InChI is InChI=1S/C28H26N6O2.CH3.Li/c1-18-14-19(6-9-25(18)36-21-7-8-24-23(15-21)32-17-34(24)2)33-28-27-22(30-16-31-28)4-3-5-26(27)35-20-10-12-29-13-11-20;;/h3-4,6-10,14-17,20,29H,11-13H2,1-2H3,(H,30,31,33);1H3;/q-2;-1;+1/t20-;;/m1../s1. The molecule has 8 nitrogen and oxygen atoms in total. The monoisotopic (exact) mass is 500 g/mol. The van der Waals surface area contributed by atoms with E-state index in [2.05, 4.69) is 38.1 Å². The number of rotatable bonds is 6. The minimum atomic E-state index is 0. The van der Waals surface area contributed by atoms with Crippen molar-refractivity contribution in [3.8, 4) is 17.2 Å². The molecule has 0 saturated carbocycles. The van der Waals surface area contributed by atoms with E-state index in [4.69, 9.17) is 9.47 Å². The van der Waals surface area contributed by atoms with Gasteiger partial charge in [0.2, 0.25) is 0 Å². The van der Waals surface area contributed by atoms with Gasteiger partial charge in [-0.05, 0) is 72.8 Å². The van der Waals surface area contributed by atoms with Crippen LogP contribution in [0.25, 0.3) is 21.9 Å². The number of piperidine rings is 1. The Labute approximate surface area is 235 Å². The zero-order chi connectivity index (χ0) is 24.5. The molecule has 9 heteroatoms. The van der Waals surface area contributed by atoms with Crippen LogP contribution in [0.3, 0.4) is 0 Å². The number of anilines is 2. The minimum Gasteiger partial charge on any atom is -0.547 e. The van der Waals surface area contributed by atoms with Gasteiger partial charge in [0, 0.05) is 24.6 Å². The van der Waals surface area contributed by atoms with Gasteiger partial charge in [0.25, 0.3) is 0 Å². The number of nitrogens with zero attached hydrogens (tertiary/aromatic N) is 4. The molecule has 0 amide bonds. The molecule has 1 aliphatic heterocycles. The van der Waals surface area contributed by atoms with Crippen LogP contribution in [0.4, 0.5) is 11.5 Å². The Balaban J connectivity index is 0.00000168. The first-order chi connectivity index (χ1) is 17.6. The van der Waals surface area contributed by atoms with Gasteiger partial charge in [0.15, 0.2) is 0 Å². The zero-order valence-corrected chi connectivity index (χ0v) is 22.2. The molecule has 6 rings (SSSR count). The Morgan fingerprint density at radius 2 is 2.00 bits per heavy atom. The summed E-state index contributed by atoms with van der Waals surface area (Å²) >= 11 is 0. The van der Waals surface area contributed by atoms with Gasteiger partial charge in [-0.1, -0.05) is 0 Å². The normalized spacial score (nSPS) is 14.9. The van der Waals surface area contributed by atoms with Crippen molar-refractivity contribution < 1.29 is 28.3 Å². The molecule has 190 valence electrons. The van der Waals surface area contributed by atoms with E-state index in [-0.39, 0.29) is 32.4 Å². The second kappa shape index (κ2) is 11.9. The summed E-state index contributed by atoms with van der Waals surface area (Å²) < 4.78 is 14.4. The summed E-state index contributed by atoms with van der Waals surface area (Å²) in [6.07, 6.45) is 6.44. The molecule has 3 aromatic carbocycles. The first-order valence-electron chi connectivity index (χ1n) is 12.0. The number of hydrogen-bond donors (Lipinski definition) is 2. The molecule has 0 spiro atoms. The largest absolute Gasteiger partial charge is 1.00 e. The van der Waals surface area contributed by atoms with Crippen molar-refractivity contribution >= 4 is 33.4 Å². The third kappa shape index (κ3) is 5.63. The van der Waals surface area contributed by atoms with Crippen LogP contribution in [0.5, 0.6) is 17.2 Å². The Morgan fingerprint density at radius 1 is 1.11 bits per heavy atom. The van der Waals surface area contributed by atoms with Gasteiger partial charge in [-0.2, -0.15) is 6.07 Å². The van der Waals surface area contributed by atoms with E-state index in [0.29, 0.717) is 11.6 Å². The molecule has 0 unspecified atom stereocenters. The number of nitrogens with one attached hydrogen (secondary N) is 2. The molecular formula is C29H29LiN6O2-2. The zero-order valence-electron chi connectivity index (χ0n) is 22.2. The van der Waals surface area contributed by atoms with Gasteiger partial charge in [-0.3, -0.25) is 11.4 Å². The molecule has 5 aromatic rings. The SMILES string of the molecule is Cc1cc(Nc2ncnc3cc[c-]c(O[C@@H]4[CH-]CNCC4)c23)ccc1Oc1ccc2c(c1)ncn2C.[CH3-].[Li+]. The summed E-state index contributed by atoms with van der Waals surface area (Å²) in [6, 6.07) is 18.9. The van der Waals surface area contributed by atoms with Crippen molar-refractivity contribution in [3.05, 3.63) is 86.7 Å². The number of hydrogen-bond acceptors (Lipinski definition) is 7. The van der Waals surface area contributed by atoms with Crippen molar-refractivity contribution in [2.45, 2.75) is 19.4 Å². The van der Waals surface area contributed by atoms with Gasteiger partial charge < -0.3 is 32.1 Å². The Hall–Kier alpha value is -3.57. The van der Waals surface area contributed by atoms with Crippen LogP contribution in [0, 0.1) is 26.8 Å². The van der Waals surface area contributed by atoms with E-state index in [1.807, 2.05) is 67.1 Å². The van der Waals surface area contributed by atoms with Crippen LogP contribution >= 0.6 is 0 Å². The Kier molecular flexibility index (Phi) is 8.58. The number of fused-ring (bicyclic) bond motifs is 2. The predicted molar refractivity (Wildman–Crippen MR) is 146 cm³/mol. The Morgan fingerprint density at radius 3 is 2.82 bits per heavy atom. The van der Waals surface area contributed by atoms with Gasteiger partial charge in [0.1, 0.15) is 17.8 Å². The molecule has 1 aliphatic rings. The van der Waals surface area contributed by atoms with Crippen LogP contribution in [-0.4, -0.2) is 38.7 Å². The van der Waals surface area contributed by atoms with Crippen molar-refractivity contribution in [3.63, 3.8) is 0 Å². The van der Waals surface area contributed by atoms with Crippen LogP contribution in [0.15, 0.2) is 61.2 Å². The number of benzene rings is 3. The molecule has 3 heterocycles. The quantitative estimate of drug-likeness (QED) is 0.274. The fraction of sp³-hybridized carbons (Fsp3) is 0.207. The topological polar surface area (TPSA) is 86.1 Å². The number of aromatic nitrogens is 4. The fourth-order valence-corrected chi connectivity index (χ4v) is 4.43. The molecule has 2 aromatic heterocycles. The average Bonchev–Trinajstić information content (AvgIpc) is 3.26.